The van der Waals surface area contributed by atoms with Crippen molar-refractivity contribution in [2.75, 3.05) is 6.54 Å². The third kappa shape index (κ3) is 2.81. The Balaban J connectivity index is 1.69. The minimum Gasteiger partial charge on any atom is -0.314 e. The van der Waals surface area contributed by atoms with Crippen LogP contribution in [0.4, 0.5) is 0 Å². The number of piperidine rings is 1. The fourth-order valence-corrected chi connectivity index (χ4v) is 4.01. The molecular weight excluding hydrogens is 256 g/mol. The van der Waals surface area contributed by atoms with Crippen molar-refractivity contribution in [1.82, 2.24) is 10.2 Å². The second-order valence-corrected chi connectivity index (χ2v) is 6.28. The van der Waals surface area contributed by atoms with E-state index in [1.807, 2.05) is 12.1 Å². The monoisotopic (exact) mass is 278 g/mol. The first kappa shape index (κ1) is 13.4. The number of benzene rings is 1. The van der Waals surface area contributed by atoms with Crippen molar-refractivity contribution in [2.45, 2.75) is 57.3 Å². The highest BCUT2D eigenvalue weighted by molar-refractivity contribution is 6.31. The van der Waals surface area contributed by atoms with E-state index >= 15 is 0 Å². The van der Waals surface area contributed by atoms with E-state index in [2.05, 4.69) is 29.3 Å². The molecule has 2 saturated heterocycles. The van der Waals surface area contributed by atoms with Crippen LogP contribution in [-0.2, 0) is 6.54 Å². The van der Waals surface area contributed by atoms with E-state index in [9.17, 15) is 0 Å². The van der Waals surface area contributed by atoms with Crippen molar-refractivity contribution >= 4 is 11.6 Å². The van der Waals surface area contributed by atoms with Crippen LogP contribution in [0.1, 0.15) is 38.2 Å². The SMILES string of the molecule is CCNC1CC2CCC(C1)N2Cc1ccccc1Cl. The fourth-order valence-electron chi connectivity index (χ4n) is 3.81. The van der Waals surface area contributed by atoms with Crippen LogP contribution in [0.3, 0.4) is 0 Å². The highest BCUT2D eigenvalue weighted by Crippen LogP contribution is 2.37. The Morgan fingerprint density at radius 2 is 1.89 bits per heavy atom. The summed E-state index contributed by atoms with van der Waals surface area (Å²) in [5.41, 5.74) is 1.28. The molecule has 2 heterocycles. The molecule has 2 aliphatic rings. The van der Waals surface area contributed by atoms with Gasteiger partial charge in [0.05, 0.1) is 0 Å². The van der Waals surface area contributed by atoms with Crippen LogP contribution in [0.2, 0.25) is 5.02 Å². The third-order valence-corrected chi connectivity index (χ3v) is 5.06. The van der Waals surface area contributed by atoms with Gasteiger partial charge in [0.25, 0.3) is 0 Å². The van der Waals surface area contributed by atoms with Crippen LogP contribution in [0.5, 0.6) is 0 Å². The number of halogens is 1. The number of hydrogen-bond acceptors (Lipinski definition) is 2. The van der Waals surface area contributed by atoms with E-state index in [1.54, 1.807) is 0 Å². The number of nitrogens with one attached hydrogen (secondary N) is 1. The number of nitrogens with zero attached hydrogens (tertiary/aromatic N) is 1. The number of hydrogen-bond donors (Lipinski definition) is 1. The summed E-state index contributed by atoms with van der Waals surface area (Å²) in [5.74, 6) is 0. The molecule has 2 bridgehead atoms. The van der Waals surface area contributed by atoms with Crippen LogP contribution in [-0.4, -0.2) is 29.6 Å². The van der Waals surface area contributed by atoms with Crippen molar-refractivity contribution in [3.63, 3.8) is 0 Å². The predicted molar refractivity (Wildman–Crippen MR) is 80.5 cm³/mol. The Kier molecular flexibility index (Phi) is 4.11. The molecule has 0 amide bonds. The molecule has 0 saturated carbocycles. The second kappa shape index (κ2) is 5.82. The van der Waals surface area contributed by atoms with Gasteiger partial charge in [-0.1, -0.05) is 36.7 Å². The summed E-state index contributed by atoms with van der Waals surface area (Å²) in [6, 6.07) is 10.5. The molecule has 0 aliphatic carbocycles. The van der Waals surface area contributed by atoms with Gasteiger partial charge in [0, 0.05) is 29.7 Å². The van der Waals surface area contributed by atoms with Crippen molar-refractivity contribution in [3.8, 4) is 0 Å². The van der Waals surface area contributed by atoms with Gasteiger partial charge in [-0.2, -0.15) is 0 Å². The topological polar surface area (TPSA) is 15.3 Å². The standard InChI is InChI=1S/C16H23ClN2/c1-2-18-13-9-14-7-8-15(10-13)19(14)11-12-5-3-4-6-16(12)17/h3-6,13-15,18H,2,7-11H2,1H3. The fraction of sp³-hybridized carbons (Fsp3) is 0.625. The molecule has 0 aromatic heterocycles. The molecule has 19 heavy (non-hydrogen) atoms. The zero-order valence-corrected chi connectivity index (χ0v) is 12.4. The normalized spacial score (nSPS) is 30.7. The molecule has 2 fully saturated rings. The van der Waals surface area contributed by atoms with E-state index in [0.717, 1.165) is 36.2 Å². The first-order valence-corrected chi connectivity index (χ1v) is 7.88. The van der Waals surface area contributed by atoms with Crippen LogP contribution in [0.15, 0.2) is 24.3 Å². The first-order valence-electron chi connectivity index (χ1n) is 7.50. The smallest absolute Gasteiger partial charge is 0.0451 e. The van der Waals surface area contributed by atoms with Crippen molar-refractivity contribution < 1.29 is 0 Å². The van der Waals surface area contributed by atoms with E-state index in [-0.39, 0.29) is 0 Å². The van der Waals surface area contributed by atoms with Gasteiger partial charge in [-0.3, -0.25) is 4.90 Å². The zero-order valence-electron chi connectivity index (χ0n) is 11.6. The molecule has 104 valence electrons. The van der Waals surface area contributed by atoms with Gasteiger partial charge in [-0.25, -0.2) is 0 Å². The average Bonchev–Trinajstić information content (AvgIpc) is 2.64. The Hall–Kier alpha value is -0.570. The Labute approximate surface area is 121 Å². The number of fused-ring (bicyclic) bond motifs is 2. The molecule has 1 aromatic carbocycles. The lowest BCUT2D eigenvalue weighted by Gasteiger charge is -2.39. The lowest BCUT2D eigenvalue weighted by Crippen LogP contribution is -2.48. The molecule has 2 unspecified atom stereocenters. The highest BCUT2D eigenvalue weighted by atomic mass is 35.5. The Morgan fingerprint density at radius 3 is 2.53 bits per heavy atom. The molecule has 3 heteroatoms. The summed E-state index contributed by atoms with van der Waals surface area (Å²) >= 11 is 6.30. The third-order valence-electron chi connectivity index (χ3n) is 4.69. The maximum absolute atomic E-state index is 6.30. The largest absolute Gasteiger partial charge is 0.314 e. The van der Waals surface area contributed by atoms with Gasteiger partial charge in [-0.05, 0) is 43.9 Å². The van der Waals surface area contributed by atoms with Crippen LogP contribution >= 0.6 is 11.6 Å². The van der Waals surface area contributed by atoms with E-state index < -0.39 is 0 Å². The summed E-state index contributed by atoms with van der Waals surface area (Å²) in [4.78, 5) is 2.69. The summed E-state index contributed by atoms with van der Waals surface area (Å²) in [6.45, 7) is 4.32. The lowest BCUT2D eigenvalue weighted by atomic mass is 9.96. The molecular formula is C16H23ClN2. The van der Waals surface area contributed by atoms with Gasteiger partial charge < -0.3 is 5.32 Å². The van der Waals surface area contributed by atoms with Crippen molar-refractivity contribution in [3.05, 3.63) is 34.9 Å². The van der Waals surface area contributed by atoms with Crippen molar-refractivity contribution in [1.29, 1.82) is 0 Å². The summed E-state index contributed by atoms with van der Waals surface area (Å²) < 4.78 is 0. The van der Waals surface area contributed by atoms with Crippen molar-refractivity contribution in [2.24, 2.45) is 0 Å². The molecule has 1 aromatic rings. The summed E-state index contributed by atoms with van der Waals surface area (Å²) in [5, 5.41) is 4.54. The minimum atomic E-state index is 0.727. The lowest BCUT2D eigenvalue weighted by molar-refractivity contribution is 0.110. The van der Waals surface area contributed by atoms with Crippen LogP contribution in [0.25, 0.3) is 0 Å². The van der Waals surface area contributed by atoms with Crippen LogP contribution < -0.4 is 5.32 Å². The molecule has 2 aliphatic heterocycles. The van der Waals surface area contributed by atoms with Crippen LogP contribution in [0, 0.1) is 0 Å². The molecule has 0 radical (unpaired) electrons. The predicted octanol–water partition coefficient (Wildman–Crippen LogP) is 3.44. The molecule has 1 N–H and O–H groups in total. The van der Waals surface area contributed by atoms with Gasteiger partial charge in [0.1, 0.15) is 0 Å². The minimum absolute atomic E-state index is 0.727. The molecule has 0 spiro atoms. The van der Waals surface area contributed by atoms with E-state index in [1.165, 1.54) is 31.2 Å². The number of rotatable bonds is 4. The van der Waals surface area contributed by atoms with E-state index in [0.29, 0.717) is 0 Å². The summed E-state index contributed by atoms with van der Waals surface area (Å²) in [7, 11) is 0. The first-order chi connectivity index (χ1) is 9.28. The summed E-state index contributed by atoms with van der Waals surface area (Å²) in [6.07, 6.45) is 5.32. The molecule has 2 atom stereocenters. The second-order valence-electron chi connectivity index (χ2n) is 5.87. The van der Waals surface area contributed by atoms with Gasteiger partial charge in [0.2, 0.25) is 0 Å². The molecule has 2 nitrogen and oxygen atoms in total. The quantitative estimate of drug-likeness (QED) is 0.908. The Bertz CT molecular complexity index is 421. The van der Waals surface area contributed by atoms with Gasteiger partial charge in [-0.15, -0.1) is 0 Å². The maximum Gasteiger partial charge on any atom is 0.0451 e. The van der Waals surface area contributed by atoms with Gasteiger partial charge in [0.15, 0.2) is 0 Å². The highest BCUT2D eigenvalue weighted by Gasteiger charge is 2.40. The average molecular weight is 279 g/mol. The van der Waals surface area contributed by atoms with Gasteiger partial charge >= 0.3 is 0 Å². The Morgan fingerprint density at radius 1 is 1.21 bits per heavy atom. The van der Waals surface area contributed by atoms with E-state index in [4.69, 9.17) is 11.6 Å². The maximum atomic E-state index is 6.30. The zero-order chi connectivity index (χ0) is 13.2. The molecule has 3 rings (SSSR count).